The molecule has 2 N–H and O–H groups in total. The van der Waals surface area contributed by atoms with E-state index in [1.165, 1.54) is 14.2 Å². The van der Waals surface area contributed by atoms with Gasteiger partial charge in [0.1, 0.15) is 0 Å². The first-order chi connectivity index (χ1) is 13.3. The SMILES string of the molecule is COc1ccc(C(=O)N/N=C(\C)CC(=O)Nc2cc(C)cc(C)c2)cc1OC. The van der Waals surface area contributed by atoms with E-state index in [-0.39, 0.29) is 12.3 Å². The zero-order valence-corrected chi connectivity index (χ0v) is 16.8. The third kappa shape index (κ3) is 5.84. The topological polar surface area (TPSA) is 89.0 Å². The number of ether oxygens (including phenoxy) is 2. The highest BCUT2D eigenvalue weighted by Gasteiger charge is 2.11. The number of hydrogen-bond acceptors (Lipinski definition) is 5. The van der Waals surface area contributed by atoms with Crippen molar-refractivity contribution in [2.75, 3.05) is 19.5 Å². The summed E-state index contributed by atoms with van der Waals surface area (Å²) in [6.45, 7) is 5.62. The third-order valence-corrected chi connectivity index (χ3v) is 3.92. The van der Waals surface area contributed by atoms with Crippen LogP contribution in [0.5, 0.6) is 11.5 Å². The second-order valence-corrected chi connectivity index (χ2v) is 6.46. The number of aryl methyl sites for hydroxylation is 2. The van der Waals surface area contributed by atoms with E-state index >= 15 is 0 Å². The summed E-state index contributed by atoms with van der Waals surface area (Å²) in [6.07, 6.45) is 0.0687. The van der Waals surface area contributed by atoms with E-state index in [1.54, 1.807) is 25.1 Å². The molecule has 148 valence electrons. The lowest BCUT2D eigenvalue weighted by Crippen LogP contribution is -2.21. The van der Waals surface area contributed by atoms with E-state index in [0.717, 1.165) is 16.8 Å². The van der Waals surface area contributed by atoms with Crippen LogP contribution in [0.15, 0.2) is 41.5 Å². The standard InChI is InChI=1S/C21H25N3O4/c1-13-8-14(2)10-17(9-13)22-20(25)11-15(3)23-24-21(26)16-6-7-18(27-4)19(12-16)28-5/h6-10,12H,11H2,1-5H3,(H,22,25)(H,24,26)/b23-15+. The largest absolute Gasteiger partial charge is 0.493 e. The van der Waals surface area contributed by atoms with Crippen LogP contribution in [0.1, 0.15) is 34.8 Å². The van der Waals surface area contributed by atoms with Crippen molar-refractivity contribution in [2.45, 2.75) is 27.2 Å². The number of methoxy groups -OCH3 is 2. The van der Waals surface area contributed by atoms with Crippen molar-refractivity contribution in [3.63, 3.8) is 0 Å². The Balaban J connectivity index is 1.96. The summed E-state index contributed by atoms with van der Waals surface area (Å²) in [5.41, 5.74) is 6.18. The smallest absolute Gasteiger partial charge is 0.271 e. The Labute approximate surface area is 164 Å². The molecule has 7 nitrogen and oxygen atoms in total. The molecule has 0 spiro atoms. The van der Waals surface area contributed by atoms with Crippen LogP contribution in [0.3, 0.4) is 0 Å². The van der Waals surface area contributed by atoms with Gasteiger partial charge in [-0.15, -0.1) is 0 Å². The lowest BCUT2D eigenvalue weighted by atomic mass is 10.1. The summed E-state index contributed by atoms with van der Waals surface area (Å²) in [7, 11) is 3.02. The average molecular weight is 383 g/mol. The molecule has 0 radical (unpaired) electrons. The summed E-state index contributed by atoms with van der Waals surface area (Å²) < 4.78 is 10.3. The molecule has 7 heteroatoms. The van der Waals surface area contributed by atoms with Gasteiger partial charge >= 0.3 is 0 Å². The van der Waals surface area contributed by atoms with Crippen LogP contribution in [0.4, 0.5) is 5.69 Å². The van der Waals surface area contributed by atoms with E-state index in [4.69, 9.17) is 9.47 Å². The fourth-order valence-electron chi connectivity index (χ4n) is 2.71. The molecule has 2 amide bonds. The molecule has 0 bridgehead atoms. The van der Waals surface area contributed by atoms with Gasteiger partial charge in [0.25, 0.3) is 5.91 Å². The van der Waals surface area contributed by atoms with Crippen LogP contribution in [-0.2, 0) is 4.79 Å². The number of carbonyl (C=O) groups is 2. The summed E-state index contributed by atoms with van der Waals surface area (Å²) >= 11 is 0. The molecule has 0 aliphatic carbocycles. The van der Waals surface area contributed by atoms with Crippen LogP contribution in [0, 0.1) is 13.8 Å². The van der Waals surface area contributed by atoms with Gasteiger partial charge in [0.05, 0.1) is 20.6 Å². The predicted molar refractivity (Wildman–Crippen MR) is 109 cm³/mol. The van der Waals surface area contributed by atoms with Gasteiger partial charge in [0, 0.05) is 17.0 Å². The summed E-state index contributed by atoms with van der Waals surface area (Å²) in [5.74, 6) is 0.368. The predicted octanol–water partition coefficient (Wildman–Crippen LogP) is 3.46. The number of nitrogens with zero attached hydrogens (tertiary/aromatic N) is 1. The number of amides is 2. The number of carbonyl (C=O) groups excluding carboxylic acids is 2. The van der Waals surface area contributed by atoms with Crippen molar-refractivity contribution in [1.82, 2.24) is 5.43 Å². The number of benzene rings is 2. The van der Waals surface area contributed by atoms with Crippen molar-refractivity contribution in [3.05, 3.63) is 53.1 Å². The Morgan fingerprint density at radius 2 is 1.61 bits per heavy atom. The second-order valence-electron chi connectivity index (χ2n) is 6.46. The molecule has 2 aromatic rings. The number of nitrogens with one attached hydrogen (secondary N) is 2. The molecule has 0 unspecified atom stereocenters. The molecule has 0 heterocycles. The van der Waals surface area contributed by atoms with Gasteiger partial charge in [-0.05, 0) is 62.2 Å². The van der Waals surface area contributed by atoms with E-state index in [2.05, 4.69) is 15.8 Å². The van der Waals surface area contributed by atoms with Gasteiger partial charge in [-0.2, -0.15) is 5.10 Å². The van der Waals surface area contributed by atoms with Crippen LogP contribution in [-0.4, -0.2) is 31.7 Å². The Bertz CT molecular complexity index is 886. The van der Waals surface area contributed by atoms with Crippen molar-refractivity contribution >= 4 is 23.2 Å². The number of hydrogen-bond donors (Lipinski definition) is 2. The molecular formula is C21H25N3O4. The highest BCUT2D eigenvalue weighted by molar-refractivity contribution is 6.06. The zero-order chi connectivity index (χ0) is 20.7. The number of rotatable bonds is 7. The van der Waals surface area contributed by atoms with E-state index in [9.17, 15) is 9.59 Å². The Morgan fingerprint density at radius 3 is 2.21 bits per heavy atom. The highest BCUT2D eigenvalue weighted by Crippen LogP contribution is 2.27. The molecule has 0 atom stereocenters. The van der Waals surface area contributed by atoms with Gasteiger partial charge in [-0.25, -0.2) is 5.43 Å². The third-order valence-electron chi connectivity index (χ3n) is 3.92. The molecule has 0 fully saturated rings. The zero-order valence-electron chi connectivity index (χ0n) is 16.8. The van der Waals surface area contributed by atoms with Gasteiger partial charge in [-0.1, -0.05) is 6.07 Å². The van der Waals surface area contributed by atoms with Crippen LogP contribution >= 0.6 is 0 Å². The van der Waals surface area contributed by atoms with Crippen molar-refractivity contribution in [1.29, 1.82) is 0 Å². The quantitative estimate of drug-likeness (QED) is 0.566. The maximum atomic E-state index is 12.3. The Morgan fingerprint density at radius 1 is 0.964 bits per heavy atom. The molecular weight excluding hydrogens is 358 g/mol. The minimum Gasteiger partial charge on any atom is -0.493 e. The first-order valence-corrected chi connectivity index (χ1v) is 8.76. The monoisotopic (exact) mass is 383 g/mol. The van der Waals surface area contributed by atoms with E-state index in [0.29, 0.717) is 22.8 Å². The fraction of sp³-hybridized carbons (Fsp3) is 0.286. The molecule has 2 aromatic carbocycles. The maximum Gasteiger partial charge on any atom is 0.271 e. The lowest BCUT2D eigenvalue weighted by Gasteiger charge is -2.09. The lowest BCUT2D eigenvalue weighted by molar-refractivity contribution is -0.115. The van der Waals surface area contributed by atoms with Crippen LogP contribution in [0.25, 0.3) is 0 Å². The molecule has 0 aliphatic rings. The van der Waals surface area contributed by atoms with Crippen molar-refractivity contribution in [2.24, 2.45) is 5.10 Å². The summed E-state index contributed by atoms with van der Waals surface area (Å²) in [6, 6.07) is 10.6. The minimum atomic E-state index is -0.407. The number of anilines is 1. The Hall–Kier alpha value is -3.35. The molecule has 2 rings (SSSR count). The molecule has 28 heavy (non-hydrogen) atoms. The summed E-state index contributed by atoms with van der Waals surface area (Å²) in [5, 5.41) is 6.84. The minimum absolute atomic E-state index is 0.0687. The van der Waals surface area contributed by atoms with Gasteiger partial charge < -0.3 is 14.8 Å². The second kappa shape index (κ2) is 9.55. The van der Waals surface area contributed by atoms with E-state index < -0.39 is 5.91 Å². The highest BCUT2D eigenvalue weighted by atomic mass is 16.5. The van der Waals surface area contributed by atoms with Crippen molar-refractivity contribution < 1.29 is 19.1 Å². The summed E-state index contributed by atoms with van der Waals surface area (Å²) in [4.78, 5) is 24.4. The normalized spacial score (nSPS) is 11.0. The maximum absolute atomic E-state index is 12.3. The van der Waals surface area contributed by atoms with Crippen molar-refractivity contribution in [3.8, 4) is 11.5 Å². The van der Waals surface area contributed by atoms with Crippen LogP contribution < -0.4 is 20.2 Å². The first kappa shape index (κ1) is 21.0. The van der Waals surface area contributed by atoms with E-state index in [1.807, 2.05) is 32.0 Å². The van der Waals surface area contributed by atoms with Crippen LogP contribution in [0.2, 0.25) is 0 Å². The van der Waals surface area contributed by atoms with Gasteiger partial charge in [0.2, 0.25) is 5.91 Å². The number of hydrazone groups is 1. The Kier molecular flexibility index (Phi) is 7.14. The molecule has 0 saturated carbocycles. The average Bonchev–Trinajstić information content (AvgIpc) is 2.64. The first-order valence-electron chi connectivity index (χ1n) is 8.76. The van der Waals surface area contributed by atoms with Gasteiger partial charge in [-0.3, -0.25) is 9.59 Å². The van der Waals surface area contributed by atoms with Gasteiger partial charge in [0.15, 0.2) is 11.5 Å². The molecule has 0 aliphatic heterocycles. The molecule has 0 aromatic heterocycles. The molecule has 0 saturated heterocycles. The fourth-order valence-corrected chi connectivity index (χ4v) is 2.71.